The van der Waals surface area contributed by atoms with Gasteiger partial charge in [0.25, 0.3) is 0 Å². The maximum absolute atomic E-state index is 13.7. The molecule has 46 heavy (non-hydrogen) atoms. The predicted octanol–water partition coefficient (Wildman–Crippen LogP) is 11.1. The van der Waals surface area contributed by atoms with Crippen LogP contribution in [-0.2, 0) is 15.4 Å². The predicted molar refractivity (Wildman–Crippen MR) is 197 cm³/mol. The van der Waals surface area contributed by atoms with Crippen molar-refractivity contribution in [2.75, 3.05) is 0 Å². The molecular weight excluding hydrogens is 577 g/mol. The lowest BCUT2D eigenvalue weighted by atomic mass is 9.85. The van der Waals surface area contributed by atoms with Crippen LogP contribution in [0.1, 0.15) is 52.7 Å². The summed E-state index contributed by atoms with van der Waals surface area (Å²) >= 11 is 0. The van der Waals surface area contributed by atoms with Crippen molar-refractivity contribution in [1.29, 1.82) is 0 Å². The van der Waals surface area contributed by atoms with Gasteiger partial charge in [0.1, 0.15) is 0 Å². The van der Waals surface area contributed by atoms with Crippen LogP contribution in [0.4, 0.5) is 0 Å². The fourth-order valence-electron chi connectivity index (χ4n) is 5.75. The van der Waals surface area contributed by atoms with Crippen LogP contribution in [0, 0.1) is 0 Å². The van der Waals surface area contributed by atoms with E-state index in [1.165, 1.54) is 22.3 Å². The van der Waals surface area contributed by atoms with Crippen molar-refractivity contribution in [3.8, 4) is 44.8 Å². The van der Waals surface area contributed by atoms with Crippen LogP contribution in [0.15, 0.2) is 140 Å². The summed E-state index contributed by atoms with van der Waals surface area (Å²) in [6, 6.07) is 48.3. The third-order valence-corrected chi connectivity index (χ3v) is 10.1. The van der Waals surface area contributed by atoms with Crippen molar-refractivity contribution in [3.05, 3.63) is 151 Å². The first-order valence-corrected chi connectivity index (χ1v) is 17.2. The Labute approximate surface area is 275 Å². The van der Waals surface area contributed by atoms with E-state index >= 15 is 0 Å². The second kappa shape index (κ2) is 12.6. The summed E-state index contributed by atoms with van der Waals surface area (Å²) < 4.78 is 13.7. The highest BCUT2D eigenvalue weighted by Gasteiger charge is 2.27. The fourth-order valence-corrected chi connectivity index (χ4v) is 7.10. The SMILES string of the molecule is CC(C)(C)c1ccc(-c2cc(-c3ccc(C(C)(C)C)cc3)cc(-c3cccc(-c4ccccc4[P+](=O)c4ccccc4)n3)c2)cc1. The summed E-state index contributed by atoms with van der Waals surface area (Å²) in [5, 5.41) is 1.61. The Balaban J connectivity index is 1.46. The Hall–Kier alpha value is -4.65. The summed E-state index contributed by atoms with van der Waals surface area (Å²) in [5.74, 6) is 0. The van der Waals surface area contributed by atoms with Crippen LogP contribution in [0.25, 0.3) is 44.8 Å². The highest BCUT2D eigenvalue weighted by Crippen LogP contribution is 2.36. The van der Waals surface area contributed by atoms with Gasteiger partial charge in [0.15, 0.2) is 5.30 Å². The van der Waals surface area contributed by atoms with Gasteiger partial charge in [-0.15, -0.1) is 0 Å². The first-order chi connectivity index (χ1) is 22.0. The molecule has 0 bridgehead atoms. The second-order valence-corrected chi connectivity index (χ2v) is 15.6. The Morgan fingerprint density at radius 1 is 0.457 bits per heavy atom. The first kappa shape index (κ1) is 31.3. The number of nitrogens with zero attached hydrogens (tertiary/aromatic N) is 1. The molecule has 0 amide bonds. The highest BCUT2D eigenvalue weighted by molar-refractivity contribution is 7.61. The van der Waals surface area contributed by atoms with Crippen molar-refractivity contribution >= 4 is 18.4 Å². The zero-order chi connectivity index (χ0) is 32.5. The monoisotopic (exact) mass is 618 g/mol. The molecule has 0 spiro atoms. The number of rotatable bonds is 6. The van der Waals surface area contributed by atoms with Gasteiger partial charge in [-0.25, -0.2) is 4.98 Å². The van der Waals surface area contributed by atoms with Crippen molar-refractivity contribution < 1.29 is 4.57 Å². The van der Waals surface area contributed by atoms with E-state index in [4.69, 9.17) is 4.98 Å². The lowest BCUT2D eigenvalue weighted by Crippen LogP contribution is -2.10. The average molecular weight is 619 g/mol. The molecular formula is C43H41NOP+. The highest BCUT2D eigenvalue weighted by atomic mass is 31.1. The van der Waals surface area contributed by atoms with E-state index in [1.54, 1.807) is 0 Å². The van der Waals surface area contributed by atoms with Crippen LogP contribution in [0.5, 0.6) is 0 Å². The van der Waals surface area contributed by atoms with E-state index in [0.29, 0.717) is 0 Å². The Bertz CT molecular complexity index is 1920. The minimum absolute atomic E-state index is 0.0892. The lowest BCUT2D eigenvalue weighted by molar-refractivity contribution is 0.590. The third kappa shape index (κ3) is 6.79. The molecule has 0 aliphatic carbocycles. The molecule has 6 rings (SSSR count). The van der Waals surface area contributed by atoms with Crippen molar-refractivity contribution in [1.82, 2.24) is 4.98 Å². The van der Waals surface area contributed by atoms with Gasteiger partial charge in [-0.1, -0.05) is 131 Å². The van der Waals surface area contributed by atoms with Crippen LogP contribution < -0.4 is 10.6 Å². The quantitative estimate of drug-likeness (QED) is 0.174. The second-order valence-electron chi connectivity index (χ2n) is 14.0. The molecule has 0 saturated carbocycles. The summed E-state index contributed by atoms with van der Waals surface area (Å²) in [5.41, 5.74) is 11.1. The van der Waals surface area contributed by atoms with Crippen LogP contribution in [-0.4, -0.2) is 4.98 Å². The van der Waals surface area contributed by atoms with Gasteiger partial charge < -0.3 is 0 Å². The topological polar surface area (TPSA) is 30.0 Å². The normalized spacial score (nSPS) is 12.2. The summed E-state index contributed by atoms with van der Waals surface area (Å²) in [7, 11) is -1.76. The van der Waals surface area contributed by atoms with Gasteiger partial charge in [-0.3, -0.25) is 0 Å². The lowest BCUT2D eigenvalue weighted by Gasteiger charge is -2.20. The van der Waals surface area contributed by atoms with Gasteiger partial charge >= 0.3 is 7.80 Å². The third-order valence-electron chi connectivity index (χ3n) is 8.54. The van der Waals surface area contributed by atoms with Gasteiger partial charge in [-0.05, 0) is 98.8 Å². The average Bonchev–Trinajstić information content (AvgIpc) is 3.07. The standard InChI is InChI=1S/C43H41NOP/c1-42(2,3)35-23-19-30(20-24-35)32-27-33(31-21-25-36(26-22-31)43(4,5)6)29-34(28-32)39-16-12-17-40(44-39)38-15-10-11-18-41(38)46(45)37-13-8-7-9-14-37/h7-29H,1-6H3/q+1. The van der Waals surface area contributed by atoms with Crippen molar-refractivity contribution in [3.63, 3.8) is 0 Å². The van der Waals surface area contributed by atoms with Crippen molar-refractivity contribution in [2.24, 2.45) is 0 Å². The van der Waals surface area contributed by atoms with Crippen LogP contribution in [0.3, 0.4) is 0 Å². The smallest absolute Gasteiger partial charge is 0.248 e. The Morgan fingerprint density at radius 3 is 1.48 bits per heavy atom. The number of hydrogen-bond acceptors (Lipinski definition) is 2. The van der Waals surface area contributed by atoms with E-state index in [1.807, 2.05) is 66.7 Å². The zero-order valence-electron chi connectivity index (χ0n) is 27.6. The number of hydrogen-bond donors (Lipinski definition) is 0. The summed E-state index contributed by atoms with van der Waals surface area (Å²) in [6.07, 6.45) is 0. The Morgan fingerprint density at radius 2 is 0.935 bits per heavy atom. The number of benzene rings is 5. The molecule has 228 valence electrons. The molecule has 0 aliphatic heterocycles. The molecule has 0 saturated heterocycles. The first-order valence-electron chi connectivity index (χ1n) is 15.9. The van der Waals surface area contributed by atoms with E-state index < -0.39 is 7.80 Å². The van der Waals surface area contributed by atoms with E-state index in [9.17, 15) is 4.57 Å². The van der Waals surface area contributed by atoms with Gasteiger partial charge in [0.05, 0.1) is 17.0 Å². The van der Waals surface area contributed by atoms with Crippen LogP contribution in [0.2, 0.25) is 0 Å². The molecule has 1 aromatic heterocycles. The summed E-state index contributed by atoms with van der Waals surface area (Å²) in [6.45, 7) is 13.5. The maximum Gasteiger partial charge on any atom is 0.416 e. The molecule has 1 heterocycles. The zero-order valence-corrected chi connectivity index (χ0v) is 28.5. The molecule has 0 N–H and O–H groups in total. The summed E-state index contributed by atoms with van der Waals surface area (Å²) in [4.78, 5) is 5.18. The van der Waals surface area contributed by atoms with E-state index in [-0.39, 0.29) is 10.8 Å². The largest absolute Gasteiger partial charge is 0.416 e. The molecule has 1 atom stereocenters. The van der Waals surface area contributed by atoms with E-state index in [2.05, 4.69) is 114 Å². The van der Waals surface area contributed by atoms with E-state index in [0.717, 1.165) is 44.3 Å². The molecule has 6 aromatic rings. The van der Waals surface area contributed by atoms with Gasteiger partial charge in [-0.2, -0.15) is 0 Å². The Kier molecular flexibility index (Phi) is 8.60. The molecule has 1 unspecified atom stereocenters. The molecule has 5 aromatic carbocycles. The number of aromatic nitrogens is 1. The minimum Gasteiger partial charge on any atom is -0.248 e. The molecule has 0 aliphatic rings. The molecule has 3 heteroatoms. The molecule has 0 radical (unpaired) electrons. The maximum atomic E-state index is 13.7. The van der Waals surface area contributed by atoms with Gasteiger partial charge in [0.2, 0.25) is 5.30 Å². The van der Waals surface area contributed by atoms with Crippen molar-refractivity contribution in [2.45, 2.75) is 52.4 Å². The minimum atomic E-state index is -1.76. The fraction of sp³-hybridized carbons (Fsp3) is 0.186. The molecule has 2 nitrogen and oxygen atoms in total. The molecule has 0 fully saturated rings. The number of pyridine rings is 1. The van der Waals surface area contributed by atoms with Crippen LogP contribution >= 0.6 is 7.80 Å². The van der Waals surface area contributed by atoms with Gasteiger partial charge in [0, 0.05) is 5.56 Å².